The van der Waals surface area contributed by atoms with Crippen molar-refractivity contribution in [2.24, 2.45) is 0 Å². The van der Waals surface area contributed by atoms with Gasteiger partial charge < -0.3 is 0 Å². The first-order valence-electron chi connectivity index (χ1n) is 5.52. The molecule has 0 aromatic rings. The first kappa shape index (κ1) is 12.8. The van der Waals surface area contributed by atoms with Gasteiger partial charge in [-0.1, -0.05) is 0 Å². The van der Waals surface area contributed by atoms with Gasteiger partial charge in [0.1, 0.15) is 0 Å². The molecule has 1 rings (SSSR count). The van der Waals surface area contributed by atoms with Gasteiger partial charge in [0.15, 0.2) is 0 Å². The van der Waals surface area contributed by atoms with Gasteiger partial charge in [-0.15, -0.1) is 0 Å². The van der Waals surface area contributed by atoms with Crippen LogP contribution in [-0.2, 0) is 0 Å². The number of halogens is 1. The van der Waals surface area contributed by atoms with Crippen molar-refractivity contribution in [2.45, 2.75) is 49.9 Å². The fourth-order valence-corrected chi connectivity index (χ4v) is 5.34. The van der Waals surface area contributed by atoms with Gasteiger partial charge in [-0.2, -0.15) is 0 Å². The molecule has 0 spiro atoms. The van der Waals surface area contributed by atoms with Gasteiger partial charge in [0.25, 0.3) is 0 Å². The second-order valence-corrected chi connectivity index (χ2v) is 9.41. The Balaban J connectivity index is 2.30. The zero-order valence-electron chi connectivity index (χ0n) is 8.89. The van der Waals surface area contributed by atoms with E-state index in [-0.39, 0.29) is 20.9 Å². The zero-order chi connectivity index (χ0) is 10.2. The van der Waals surface area contributed by atoms with Crippen molar-refractivity contribution in [1.82, 2.24) is 0 Å². The Kier molecular flexibility index (Phi) is 7.29. The number of hydrogen-bond acceptors (Lipinski definition) is 0. The van der Waals surface area contributed by atoms with Crippen molar-refractivity contribution in [2.75, 3.05) is 0 Å². The predicted molar refractivity (Wildman–Crippen MR) is 69.0 cm³/mol. The second-order valence-electron chi connectivity index (χ2n) is 3.68. The molecule has 0 N–H and O–H groups in total. The van der Waals surface area contributed by atoms with Gasteiger partial charge in [0, 0.05) is 0 Å². The Labute approximate surface area is 106 Å². The standard InChI is InChI=1S/C12H19BrTe/c1-2-3-9-14-12(13)10-11-7-5-4-6-8-11/h7,10H,2-6,8-9H2,1H3/b12-10+. The van der Waals surface area contributed by atoms with Gasteiger partial charge in [0.2, 0.25) is 0 Å². The summed E-state index contributed by atoms with van der Waals surface area (Å²) >= 11 is 3.81. The van der Waals surface area contributed by atoms with Crippen molar-refractivity contribution < 1.29 is 0 Å². The minimum absolute atomic E-state index is 0.0932. The van der Waals surface area contributed by atoms with Crippen LogP contribution in [0.2, 0.25) is 4.47 Å². The maximum atomic E-state index is 3.72. The molecule has 14 heavy (non-hydrogen) atoms. The molecular formula is C12H19BrTe. The maximum absolute atomic E-state index is 3.72. The van der Waals surface area contributed by atoms with Gasteiger partial charge in [-0.3, -0.25) is 0 Å². The molecular weight excluding hydrogens is 352 g/mol. The third-order valence-corrected chi connectivity index (χ3v) is 6.66. The Bertz CT molecular complexity index is 218. The first-order chi connectivity index (χ1) is 6.83. The Hall–Kier alpha value is 0.750. The molecule has 2 heteroatoms. The van der Waals surface area contributed by atoms with E-state index in [1.54, 1.807) is 5.57 Å². The molecule has 0 atom stereocenters. The summed E-state index contributed by atoms with van der Waals surface area (Å²) in [5.41, 5.74) is 1.57. The molecule has 0 aromatic heterocycles. The van der Waals surface area contributed by atoms with Crippen molar-refractivity contribution >= 4 is 36.9 Å². The average molecular weight is 371 g/mol. The van der Waals surface area contributed by atoms with E-state index in [0.717, 1.165) is 0 Å². The molecule has 80 valence electrons. The van der Waals surface area contributed by atoms with Crippen LogP contribution in [0.4, 0.5) is 0 Å². The van der Waals surface area contributed by atoms with Crippen LogP contribution in [0.5, 0.6) is 0 Å². The molecule has 0 amide bonds. The van der Waals surface area contributed by atoms with E-state index in [4.69, 9.17) is 0 Å². The van der Waals surface area contributed by atoms with E-state index < -0.39 is 0 Å². The number of rotatable bonds is 5. The van der Waals surface area contributed by atoms with Crippen molar-refractivity contribution in [3.05, 3.63) is 20.3 Å². The Morgan fingerprint density at radius 2 is 2.43 bits per heavy atom. The Morgan fingerprint density at radius 1 is 1.57 bits per heavy atom. The second kappa shape index (κ2) is 7.97. The summed E-state index contributed by atoms with van der Waals surface area (Å²) in [7, 11) is 0. The molecule has 1 aliphatic rings. The molecule has 0 nitrogen and oxygen atoms in total. The first-order valence-corrected chi connectivity index (χ1v) is 9.12. The SMILES string of the molecule is CCCC[Te]/C(Br)=C/C1=CCCCC1. The fraction of sp³-hybridized carbons (Fsp3) is 0.667. The summed E-state index contributed by atoms with van der Waals surface area (Å²) in [6.45, 7) is 2.27. The average Bonchev–Trinajstić information content (AvgIpc) is 2.20. The van der Waals surface area contributed by atoms with Crippen LogP contribution < -0.4 is 0 Å². The molecule has 0 fully saturated rings. The van der Waals surface area contributed by atoms with Crippen LogP contribution >= 0.6 is 15.9 Å². The van der Waals surface area contributed by atoms with E-state index in [1.165, 1.54) is 45.5 Å². The summed E-state index contributed by atoms with van der Waals surface area (Å²) in [5.74, 6) is 0. The number of unbranched alkanes of at least 4 members (excludes halogenated alkanes) is 1. The summed E-state index contributed by atoms with van der Waals surface area (Å²) in [6.07, 6.45) is 12.9. The van der Waals surface area contributed by atoms with E-state index in [9.17, 15) is 0 Å². The van der Waals surface area contributed by atoms with Gasteiger partial charge in [0.05, 0.1) is 0 Å². The van der Waals surface area contributed by atoms with Crippen LogP contribution in [-0.4, -0.2) is 20.9 Å². The number of hydrogen-bond donors (Lipinski definition) is 0. The molecule has 0 unspecified atom stereocenters. The van der Waals surface area contributed by atoms with E-state index in [1.807, 2.05) is 0 Å². The normalized spacial score (nSPS) is 18.1. The summed E-state index contributed by atoms with van der Waals surface area (Å²) < 4.78 is 2.97. The van der Waals surface area contributed by atoms with Gasteiger partial charge in [-0.25, -0.2) is 0 Å². The molecule has 0 aliphatic heterocycles. The molecule has 0 saturated carbocycles. The predicted octanol–water partition coefficient (Wildman–Crippen LogP) is 4.65. The van der Waals surface area contributed by atoms with Crippen LogP contribution in [0.3, 0.4) is 0 Å². The van der Waals surface area contributed by atoms with Gasteiger partial charge in [-0.05, 0) is 0 Å². The molecule has 0 aromatic carbocycles. The minimum atomic E-state index is 0.0932. The van der Waals surface area contributed by atoms with E-state index in [2.05, 4.69) is 35.0 Å². The zero-order valence-corrected chi connectivity index (χ0v) is 12.8. The molecule has 0 saturated heterocycles. The summed E-state index contributed by atoms with van der Waals surface area (Å²) in [4.78, 5) is 0. The topological polar surface area (TPSA) is 0 Å². The monoisotopic (exact) mass is 372 g/mol. The molecule has 1 aliphatic carbocycles. The van der Waals surface area contributed by atoms with Crippen LogP contribution in [0.1, 0.15) is 45.4 Å². The van der Waals surface area contributed by atoms with E-state index >= 15 is 0 Å². The number of allylic oxidation sites excluding steroid dienone is 3. The third-order valence-electron chi connectivity index (χ3n) is 2.36. The van der Waals surface area contributed by atoms with Crippen molar-refractivity contribution in [3.63, 3.8) is 0 Å². The van der Waals surface area contributed by atoms with E-state index in [0.29, 0.717) is 0 Å². The fourth-order valence-electron chi connectivity index (χ4n) is 1.50. The van der Waals surface area contributed by atoms with Crippen molar-refractivity contribution in [3.8, 4) is 0 Å². The molecule has 0 radical (unpaired) electrons. The van der Waals surface area contributed by atoms with Crippen LogP contribution in [0, 0.1) is 0 Å². The molecule has 0 heterocycles. The van der Waals surface area contributed by atoms with Crippen molar-refractivity contribution in [1.29, 1.82) is 0 Å². The third kappa shape index (κ3) is 5.59. The molecule has 0 bridgehead atoms. The Morgan fingerprint density at radius 3 is 3.07 bits per heavy atom. The van der Waals surface area contributed by atoms with Crippen LogP contribution in [0.25, 0.3) is 0 Å². The quantitative estimate of drug-likeness (QED) is 0.488. The van der Waals surface area contributed by atoms with Gasteiger partial charge >= 0.3 is 107 Å². The van der Waals surface area contributed by atoms with Crippen LogP contribution in [0.15, 0.2) is 20.3 Å². The summed E-state index contributed by atoms with van der Waals surface area (Å²) in [6, 6.07) is 0. The summed E-state index contributed by atoms with van der Waals surface area (Å²) in [5, 5.41) is 0.